The van der Waals surface area contributed by atoms with E-state index in [1.54, 1.807) is 11.6 Å². The highest BCUT2D eigenvalue weighted by Crippen LogP contribution is 2.31. The van der Waals surface area contributed by atoms with E-state index in [1.807, 2.05) is 40.0 Å². The van der Waals surface area contributed by atoms with Gasteiger partial charge in [0.15, 0.2) is 5.13 Å². The van der Waals surface area contributed by atoms with Crippen LogP contribution in [0.5, 0.6) is 0 Å². The first-order valence-corrected chi connectivity index (χ1v) is 8.12. The maximum absolute atomic E-state index is 12.2. The molecule has 1 fully saturated rings. The van der Waals surface area contributed by atoms with E-state index in [1.165, 1.54) is 30.6 Å². The summed E-state index contributed by atoms with van der Waals surface area (Å²) in [6.07, 6.45) is 11.0. The van der Waals surface area contributed by atoms with Gasteiger partial charge < -0.3 is 9.88 Å². The monoisotopic (exact) mass is 313 g/mol. The van der Waals surface area contributed by atoms with E-state index in [4.69, 9.17) is 0 Å². The molecule has 0 unspecified atom stereocenters. The molecule has 3 heterocycles. The molecule has 0 saturated heterocycles. The molecule has 0 radical (unpaired) electrons. The van der Waals surface area contributed by atoms with E-state index in [2.05, 4.69) is 15.4 Å². The fourth-order valence-corrected chi connectivity index (χ4v) is 3.17. The van der Waals surface area contributed by atoms with E-state index >= 15 is 0 Å². The van der Waals surface area contributed by atoms with Gasteiger partial charge in [-0.15, -0.1) is 11.3 Å². The van der Waals surface area contributed by atoms with Crippen molar-refractivity contribution in [3.8, 4) is 5.13 Å². The van der Waals surface area contributed by atoms with Gasteiger partial charge in [0.05, 0.1) is 17.9 Å². The van der Waals surface area contributed by atoms with Gasteiger partial charge in [-0.05, 0) is 31.4 Å². The van der Waals surface area contributed by atoms with Gasteiger partial charge in [-0.3, -0.25) is 9.48 Å². The average molecular weight is 313 g/mol. The summed E-state index contributed by atoms with van der Waals surface area (Å²) in [6.45, 7) is 0. The van der Waals surface area contributed by atoms with Crippen LogP contribution in [0, 0.1) is 0 Å². The molecule has 3 aromatic rings. The van der Waals surface area contributed by atoms with Crippen molar-refractivity contribution in [3.05, 3.63) is 48.0 Å². The van der Waals surface area contributed by atoms with Gasteiger partial charge >= 0.3 is 0 Å². The second-order valence-electron chi connectivity index (χ2n) is 5.35. The summed E-state index contributed by atoms with van der Waals surface area (Å²) in [5, 5.41) is 9.71. The van der Waals surface area contributed by atoms with Crippen molar-refractivity contribution in [2.24, 2.45) is 0 Å². The van der Waals surface area contributed by atoms with E-state index in [9.17, 15) is 4.79 Å². The molecule has 112 valence electrons. The van der Waals surface area contributed by atoms with Crippen molar-refractivity contribution in [2.75, 3.05) is 5.32 Å². The van der Waals surface area contributed by atoms with E-state index in [0.717, 1.165) is 5.13 Å². The summed E-state index contributed by atoms with van der Waals surface area (Å²) in [5.41, 5.74) is 1.14. The predicted molar refractivity (Wildman–Crippen MR) is 84.5 cm³/mol. The fourth-order valence-electron chi connectivity index (χ4n) is 2.40. The quantitative estimate of drug-likeness (QED) is 0.805. The first kappa shape index (κ1) is 13.3. The topological polar surface area (TPSA) is 64.7 Å². The number of rotatable bonds is 4. The van der Waals surface area contributed by atoms with Crippen molar-refractivity contribution in [1.29, 1.82) is 0 Å². The van der Waals surface area contributed by atoms with Gasteiger partial charge in [-0.1, -0.05) is 0 Å². The summed E-state index contributed by atoms with van der Waals surface area (Å²) in [7, 11) is 0. The van der Waals surface area contributed by atoms with E-state index in [-0.39, 0.29) is 5.91 Å². The number of anilines is 1. The molecule has 1 amide bonds. The zero-order chi connectivity index (χ0) is 14.9. The maximum Gasteiger partial charge on any atom is 0.275 e. The van der Waals surface area contributed by atoms with Crippen molar-refractivity contribution in [2.45, 2.75) is 25.3 Å². The van der Waals surface area contributed by atoms with Crippen LogP contribution in [0.3, 0.4) is 0 Å². The van der Waals surface area contributed by atoms with Crippen molar-refractivity contribution >= 4 is 22.9 Å². The SMILES string of the molecule is O=C(Nc1cnn(C2CCC2)c1)c1csc(-n2cccc2)n1. The second kappa shape index (κ2) is 5.42. The number of hydrogen-bond donors (Lipinski definition) is 1. The van der Waals surface area contributed by atoms with Crippen molar-refractivity contribution < 1.29 is 4.79 Å². The summed E-state index contributed by atoms with van der Waals surface area (Å²) < 4.78 is 3.82. The Hall–Kier alpha value is -2.41. The molecule has 7 heteroatoms. The minimum absolute atomic E-state index is 0.206. The minimum Gasteiger partial charge on any atom is -0.318 e. The third kappa shape index (κ3) is 2.43. The van der Waals surface area contributed by atoms with Crippen molar-refractivity contribution in [3.63, 3.8) is 0 Å². The van der Waals surface area contributed by atoms with Gasteiger partial charge in [0.25, 0.3) is 5.91 Å². The van der Waals surface area contributed by atoms with Crippen LogP contribution in [-0.2, 0) is 0 Å². The molecule has 0 atom stereocenters. The van der Waals surface area contributed by atoms with Crippen LogP contribution in [0.1, 0.15) is 35.8 Å². The molecule has 1 N–H and O–H groups in total. The molecule has 3 aromatic heterocycles. The lowest BCUT2D eigenvalue weighted by Crippen LogP contribution is -2.17. The number of carbonyl (C=O) groups excluding carboxylic acids is 1. The normalized spacial score (nSPS) is 14.7. The highest BCUT2D eigenvalue weighted by molar-refractivity contribution is 7.12. The molecule has 6 nitrogen and oxygen atoms in total. The average Bonchev–Trinajstić information content (AvgIpc) is 3.18. The number of hydrogen-bond acceptors (Lipinski definition) is 4. The maximum atomic E-state index is 12.2. The van der Waals surface area contributed by atoms with E-state index in [0.29, 0.717) is 17.4 Å². The van der Waals surface area contributed by atoms with Gasteiger partial charge in [-0.2, -0.15) is 5.10 Å². The highest BCUT2D eigenvalue weighted by atomic mass is 32.1. The van der Waals surface area contributed by atoms with Crippen LogP contribution in [0.25, 0.3) is 5.13 Å². The first-order valence-electron chi connectivity index (χ1n) is 7.24. The Labute approximate surface area is 131 Å². The summed E-state index contributed by atoms with van der Waals surface area (Å²) in [6, 6.07) is 4.34. The lowest BCUT2D eigenvalue weighted by atomic mass is 9.93. The largest absolute Gasteiger partial charge is 0.318 e. The summed E-state index contributed by atoms with van der Waals surface area (Å²) in [5.74, 6) is -0.206. The molecule has 1 aliphatic rings. The molecule has 0 spiro atoms. The first-order chi connectivity index (χ1) is 10.8. The van der Waals surface area contributed by atoms with Crippen LogP contribution in [0.15, 0.2) is 42.3 Å². The predicted octanol–water partition coefficient (Wildman–Crippen LogP) is 3.11. The summed E-state index contributed by atoms with van der Waals surface area (Å²) >= 11 is 1.44. The Morgan fingerprint density at radius 1 is 1.32 bits per heavy atom. The number of carbonyl (C=O) groups is 1. The van der Waals surface area contributed by atoms with Crippen LogP contribution in [0.2, 0.25) is 0 Å². The lowest BCUT2D eigenvalue weighted by molar-refractivity contribution is 0.102. The summed E-state index contributed by atoms with van der Waals surface area (Å²) in [4.78, 5) is 16.6. The Balaban J connectivity index is 1.46. The molecule has 1 aliphatic carbocycles. The number of thiazole rings is 1. The second-order valence-corrected chi connectivity index (χ2v) is 6.19. The molecule has 0 bridgehead atoms. The van der Waals surface area contributed by atoms with E-state index < -0.39 is 0 Å². The molecule has 22 heavy (non-hydrogen) atoms. The standard InChI is InChI=1S/C15H15N5OS/c21-14(13-10-22-15(18-13)19-6-1-2-7-19)17-11-8-16-20(9-11)12-4-3-5-12/h1-2,6-10,12H,3-5H2,(H,17,21). The number of amides is 1. The van der Waals surface area contributed by atoms with Crippen molar-refractivity contribution in [1.82, 2.24) is 19.3 Å². The minimum atomic E-state index is -0.206. The third-order valence-corrected chi connectivity index (χ3v) is 4.71. The lowest BCUT2D eigenvalue weighted by Gasteiger charge is -2.25. The van der Waals surface area contributed by atoms with Crippen LogP contribution in [-0.4, -0.2) is 25.2 Å². The van der Waals surface area contributed by atoms with Crippen LogP contribution >= 0.6 is 11.3 Å². The van der Waals surface area contributed by atoms with Gasteiger partial charge in [0.1, 0.15) is 5.69 Å². The molecule has 4 rings (SSSR count). The smallest absolute Gasteiger partial charge is 0.275 e. The van der Waals surface area contributed by atoms with Crippen LogP contribution in [0.4, 0.5) is 5.69 Å². The Morgan fingerprint density at radius 3 is 2.86 bits per heavy atom. The highest BCUT2D eigenvalue weighted by Gasteiger charge is 2.20. The zero-order valence-electron chi connectivity index (χ0n) is 11.8. The third-order valence-electron chi connectivity index (χ3n) is 3.86. The fraction of sp³-hybridized carbons (Fsp3) is 0.267. The molecule has 0 aromatic carbocycles. The molecule has 1 saturated carbocycles. The Kier molecular flexibility index (Phi) is 3.27. The Bertz CT molecular complexity index is 785. The number of nitrogens with zero attached hydrogens (tertiary/aromatic N) is 4. The zero-order valence-corrected chi connectivity index (χ0v) is 12.7. The number of aromatic nitrogens is 4. The van der Waals surface area contributed by atoms with Gasteiger partial charge in [0.2, 0.25) is 0 Å². The molecular weight excluding hydrogens is 298 g/mol. The van der Waals surface area contributed by atoms with Crippen LogP contribution < -0.4 is 5.32 Å². The molecule has 0 aliphatic heterocycles. The van der Waals surface area contributed by atoms with Gasteiger partial charge in [0, 0.05) is 24.0 Å². The molecular formula is C15H15N5OS. The van der Waals surface area contributed by atoms with Gasteiger partial charge in [-0.25, -0.2) is 4.98 Å². The number of nitrogens with one attached hydrogen (secondary N) is 1. The Morgan fingerprint density at radius 2 is 2.14 bits per heavy atom.